The number of carbonyl (C=O) groups is 2. The van der Waals surface area contributed by atoms with Crippen molar-refractivity contribution in [2.75, 3.05) is 0 Å². The van der Waals surface area contributed by atoms with Gasteiger partial charge in [-0.2, -0.15) is 0 Å². The van der Waals surface area contributed by atoms with Gasteiger partial charge in [0.15, 0.2) is 11.5 Å². The lowest BCUT2D eigenvalue weighted by molar-refractivity contribution is -0.130. The minimum Gasteiger partial charge on any atom is -0.503 e. The second kappa shape index (κ2) is 6.59. The number of carbonyl (C=O) groups excluding carboxylic acids is 2. The lowest BCUT2D eigenvalue weighted by Crippen LogP contribution is -2.30. The molecule has 5 heteroatoms. The Hall–Kier alpha value is -2.82. The van der Waals surface area contributed by atoms with Crippen molar-refractivity contribution in [3.63, 3.8) is 0 Å². The van der Waals surface area contributed by atoms with E-state index in [1.165, 1.54) is 23.7 Å². The molecule has 0 saturated heterocycles. The topological polar surface area (TPSA) is 70.8 Å². The van der Waals surface area contributed by atoms with Crippen molar-refractivity contribution in [2.24, 2.45) is 0 Å². The Morgan fingerprint density at radius 2 is 1.92 bits per heavy atom. The van der Waals surface area contributed by atoms with E-state index in [1.807, 2.05) is 24.3 Å². The highest BCUT2D eigenvalue weighted by Gasteiger charge is 2.42. The summed E-state index contributed by atoms with van der Waals surface area (Å²) < 4.78 is 5.33. The number of ketones is 1. The fraction of sp³-hybridized carbons (Fsp3) is 0.300. The Balaban J connectivity index is 2.02. The second-order valence-corrected chi connectivity index (χ2v) is 6.55. The molecule has 5 nitrogen and oxygen atoms in total. The summed E-state index contributed by atoms with van der Waals surface area (Å²) in [5.41, 5.74) is 2.09. The van der Waals surface area contributed by atoms with Crippen molar-refractivity contribution >= 4 is 11.7 Å². The summed E-state index contributed by atoms with van der Waals surface area (Å²) in [6.45, 7) is 5.75. The van der Waals surface area contributed by atoms with E-state index in [2.05, 4.69) is 13.8 Å². The Kier molecular flexibility index (Phi) is 4.49. The third-order valence-corrected chi connectivity index (χ3v) is 4.51. The molecule has 25 heavy (non-hydrogen) atoms. The van der Waals surface area contributed by atoms with E-state index in [4.69, 9.17) is 4.42 Å². The quantitative estimate of drug-likeness (QED) is 0.897. The van der Waals surface area contributed by atoms with Gasteiger partial charge < -0.3 is 14.4 Å². The molecule has 0 bridgehead atoms. The Labute approximate surface area is 146 Å². The van der Waals surface area contributed by atoms with Crippen LogP contribution in [0.3, 0.4) is 0 Å². The Morgan fingerprint density at radius 1 is 1.24 bits per heavy atom. The molecule has 3 rings (SSSR count). The highest BCUT2D eigenvalue weighted by atomic mass is 16.3. The molecule has 1 aromatic heterocycles. The number of amides is 1. The van der Waals surface area contributed by atoms with E-state index < -0.39 is 17.7 Å². The lowest BCUT2D eigenvalue weighted by atomic mass is 9.94. The molecule has 0 radical (unpaired) electrons. The minimum atomic E-state index is -0.615. The first-order valence-corrected chi connectivity index (χ1v) is 8.27. The zero-order valence-corrected chi connectivity index (χ0v) is 14.5. The summed E-state index contributed by atoms with van der Waals surface area (Å²) in [4.78, 5) is 26.1. The molecule has 1 aliphatic rings. The van der Waals surface area contributed by atoms with Gasteiger partial charge in [-0.25, -0.2) is 0 Å². The van der Waals surface area contributed by atoms with Gasteiger partial charge in [-0.15, -0.1) is 0 Å². The van der Waals surface area contributed by atoms with Crippen molar-refractivity contribution < 1.29 is 19.1 Å². The van der Waals surface area contributed by atoms with Crippen molar-refractivity contribution in [1.29, 1.82) is 0 Å². The molecule has 2 aromatic rings. The molecule has 1 N–H and O–H groups in total. The molecule has 1 amide bonds. The second-order valence-electron chi connectivity index (χ2n) is 6.55. The van der Waals surface area contributed by atoms with E-state index in [9.17, 15) is 14.7 Å². The number of aliphatic hydroxyl groups excluding tert-OH is 1. The van der Waals surface area contributed by atoms with Crippen LogP contribution in [0.15, 0.2) is 58.4 Å². The molecule has 0 spiro atoms. The van der Waals surface area contributed by atoms with Crippen LogP contribution in [0.1, 0.15) is 49.6 Å². The van der Waals surface area contributed by atoms with Crippen LogP contribution in [-0.2, 0) is 16.1 Å². The third-order valence-electron chi connectivity index (χ3n) is 4.51. The number of hydrogen-bond donors (Lipinski definition) is 1. The van der Waals surface area contributed by atoms with Crippen molar-refractivity contribution in [1.82, 2.24) is 4.90 Å². The van der Waals surface area contributed by atoms with Crippen molar-refractivity contribution in [3.8, 4) is 0 Å². The van der Waals surface area contributed by atoms with E-state index in [1.54, 1.807) is 12.1 Å². The predicted octanol–water partition coefficient (Wildman–Crippen LogP) is 3.89. The Bertz CT molecular complexity index is 816. The average Bonchev–Trinajstić information content (AvgIpc) is 3.17. The van der Waals surface area contributed by atoms with Crippen LogP contribution in [0, 0.1) is 0 Å². The summed E-state index contributed by atoms with van der Waals surface area (Å²) >= 11 is 0. The first-order valence-electron chi connectivity index (χ1n) is 8.27. The van der Waals surface area contributed by atoms with E-state index in [0.717, 1.165) is 5.56 Å². The van der Waals surface area contributed by atoms with Gasteiger partial charge >= 0.3 is 0 Å². The third kappa shape index (κ3) is 3.09. The summed E-state index contributed by atoms with van der Waals surface area (Å²) in [6, 6.07) is 10.7. The molecule has 1 atom stereocenters. The largest absolute Gasteiger partial charge is 0.503 e. The van der Waals surface area contributed by atoms with Gasteiger partial charge in [0.1, 0.15) is 5.76 Å². The highest BCUT2D eigenvalue weighted by Crippen LogP contribution is 2.39. The zero-order chi connectivity index (χ0) is 18.1. The van der Waals surface area contributed by atoms with Gasteiger partial charge in [-0.1, -0.05) is 38.1 Å². The normalized spacial score (nSPS) is 17.7. The van der Waals surface area contributed by atoms with Gasteiger partial charge in [-0.3, -0.25) is 9.59 Å². The van der Waals surface area contributed by atoms with Crippen LogP contribution in [0.5, 0.6) is 0 Å². The summed E-state index contributed by atoms with van der Waals surface area (Å²) in [5.74, 6) is -0.369. The maximum atomic E-state index is 12.5. The fourth-order valence-electron chi connectivity index (χ4n) is 3.16. The van der Waals surface area contributed by atoms with Crippen LogP contribution in [0.25, 0.3) is 0 Å². The van der Waals surface area contributed by atoms with Gasteiger partial charge in [0.05, 0.1) is 24.4 Å². The SMILES string of the molecule is CC(=O)C1=C(O)C(=O)N(Cc2ccco2)C1c1ccc(C(C)C)cc1. The van der Waals surface area contributed by atoms with E-state index >= 15 is 0 Å². The molecule has 1 aromatic carbocycles. The van der Waals surface area contributed by atoms with E-state index in [-0.39, 0.29) is 17.9 Å². The molecule has 0 saturated carbocycles. The fourth-order valence-corrected chi connectivity index (χ4v) is 3.16. The number of benzene rings is 1. The number of furan rings is 1. The molecule has 1 unspecified atom stereocenters. The molecule has 0 aliphatic carbocycles. The van der Waals surface area contributed by atoms with E-state index in [0.29, 0.717) is 11.7 Å². The molecule has 0 fully saturated rings. The summed E-state index contributed by atoms with van der Waals surface area (Å²) in [6.07, 6.45) is 1.53. The summed E-state index contributed by atoms with van der Waals surface area (Å²) in [7, 11) is 0. The maximum absolute atomic E-state index is 12.5. The summed E-state index contributed by atoms with van der Waals surface area (Å²) in [5, 5.41) is 10.2. The first-order chi connectivity index (χ1) is 11.9. The standard InChI is InChI=1S/C20H21NO4/c1-12(2)14-6-8-15(9-7-14)18-17(13(3)22)19(23)20(24)21(18)11-16-5-4-10-25-16/h4-10,12,18,23H,11H2,1-3H3. The van der Waals surface area contributed by atoms with Crippen LogP contribution in [0.4, 0.5) is 0 Å². The van der Waals surface area contributed by atoms with Crippen molar-refractivity contribution in [3.05, 3.63) is 70.9 Å². The number of rotatable bonds is 5. The molecule has 2 heterocycles. The molecule has 130 valence electrons. The number of Topliss-reactive ketones (excluding diaryl/α,β-unsaturated/α-hetero) is 1. The van der Waals surface area contributed by atoms with Gasteiger partial charge in [0.25, 0.3) is 5.91 Å². The smallest absolute Gasteiger partial charge is 0.290 e. The zero-order valence-electron chi connectivity index (χ0n) is 14.5. The molecular weight excluding hydrogens is 318 g/mol. The number of hydrogen-bond acceptors (Lipinski definition) is 4. The van der Waals surface area contributed by atoms with Crippen LogP contribution < -0.4 is 0 Å². The number of aliphatic hydroxyl groups is 1. The monoisotopic (exact) mass is 339 g/mol. The maximum Gasteiger partial charge on any atom is 0.290 e. The van der Waals surface area contributed by atoms with Gasteiger partial charge in [-0.05, 0) is 36.1 Å². The predicted molar refractivity (Wildman–Crippen MR) is 92.9 cm³/mol. The first kappa shape index (κ1) is 17.0. The van der Waals surface area contributed by atoms with Crippen molar-refractivity contribution in [2.45, 2.75) is 39.3 Å². The number of nitrogens with zero attached hydrogens (tertiary/aromatic N) is 1. The van der Waals surface area contributed by atoms with Crippen LogP contribution in [0.2, 0.25) is 0 Å². The minimum absolute atomic E-state index is 0.133. The Morgan fingerprint density at radius 3 is 2.44 bits per heavy atom. The average molecular weight is 339 g/mol. The van der Waals surface area contributed by atoms with Crippen LogP contribution in [-0.4, -0.2) is 21.7 Å². The molecule has 1 aliphatic heterocycles. The highest BCUT2D eigenvalue weighted by molar-refractivity contribution is 6.08. The van der Waals surface area contributed by atoms with Crippen LogP contribution >= 0.6 is 0 Å². The van der Waals surface area contributed by atoms with Gasteiger partial charge in [0.2, 0.25) is 0 Å². The lowest BCUT2D eigenvalue weighted by Gasteiger charge is -2.26. The van der Waals surface area contributed by atoms with Gasteiger partial charge in [0, 0.05) is 0 Å². The molecular formula is C20H21NO4.